The summed E-state index contributed by atoms with van der Waals surface area (Å²) >= 11 is 0. The number of benzene rings is 1. The Kier molecular flexibility index (Phi) is 3.98. The zero-order chi connectivity index (χ0) is 12.1. The summed E-state index contributed by atoms with van der Waals surface area (Å²) in [6, 6.07) is 8.00. The first-order chi connectivity index (χ1) is 8.45. The Hall–Kier alpha value is -1.55. The number of aromatic nitrogens is 1. The molecule has 2 heterocycles. The van der Waals surface area contributed by atoms with E-state index in [-0.39, 0.29) is 0 Å². The molecule has 0 radical (unpaired) electrons. The molecule has 0 amide bonds. The van der Waals surface area contributed by atoms with Gasteiger partial charge in [0.25, 0.3) is 0 Å². The van der Waals surface area contributed by atoms with Crippen LogP contribution in [0.25, 0.3) is 11.0 Å². The van der Waals surface area contributed by atoms with Crippen LogP contribution in [0.3, 0.4) is 0 Å². The van der Waals surface area contributed by atoms with Gasteiger partial charge in [-0.3, -0.25) is 0 Å². The molecule has 17 heavy (non-hydrogen) atoms. The highest BCUT2D eigenvalue weighted by molar-refractivity contribution is 5.88. The summed E-state index contributed by atoms with van der Waals surface area (Å²) in [5.41, 5.74) is 0.867. The Bertz CT molecular complexity index is 460. The summed E-state index contributed by atoms with van der Waals surface area (Å²) < 4.78 is 5.29. The highest BCUT2D eigenvalue weighted by Gasteiger charge is 2.16. The number of piperazine rings is 1. The maximum absolute atomic E-state index is 5.29. The van der Waals surface area contributed by atoms with E-state index in [0.29, 0.717) is 0 Å². The molecule has 1 fully saturated rings. The predicted octanol–water partition coefficient (Wildman–Crippen LogP) is 2.26. The van der Waals surface area contributed by atoms with Gasteiger partial charge in [-0.15, -0.1) is 0 Å². The van der Waals surface area contributed by atoms with Crippen LogP contribution in [0.4, 0.5) is 5.82 Å². The van der Waals surface area contributed by atoms with Crippen LogP contribution in [0.5, 0.6) is 0 Å². The number of nitrogens with zero attached hydrogens (tertiary/aromatic N) is 2. The Balaban J connectivity index is 0.000000514. The van der Waals surface area contributed by atoms with Crippen molar-refractivity contribution in [2.75, 3.05) is 31.1 Å². The van der Waals surface area contributed by atoms with Gasteiger partial charge in [-0.25, -0.2) is 0 Å². The van der Waals surface area contributed by atoms with Crippen LogP contribution >= 0.6 is 0 Å². The molecule has 0 atom stereocenters. The predicted molar refractivity (Wildman–Crippen MR) is 70.4 cm³/mol. The lowest BCUT2D eigenvalue weighted by Gasteiger charge is -2.26. The van der Waals surface area contributed by atoms with E-state index in [0.717, 1.165) is 43.0 Å². The van der Waals surface area contributed by atoms with E-state index >= 15 is 0 Å². The van der Waals surface area contributed by atoms with Crippen LogP contribution in [0, 0.1) is 0 Å². The summed E-state index contributed by atoms with van der Waals surface area (Å²) in [4.78, 5) is 2.27. The minimum absolute atomic E-state index is 0.867. The summed E-state index contributed by atoms with van der Waals surface area (Å²) in [6.07, 6.45) is 0. The number of nitrogens with one attached hydrogen (secondary N) is 1. The third-order valence-electron chi connectivity index (χ3n) is 2.77. The molecule has 92 valence electrons. The zero-order valence-electron chi connectivity index (χ0n) is 10.4. The van der Waals surface area contributed by atoms with Gasteiger partial charge < -0.3 is 14.7 Å². The maximum atomic E-state index is 5.29. The van der Waals surface area contributed by atoms with Crippen molar-refractivity contribution in [3.8, 4) is 0 Å². The first-order valence-electron chi connectivity index (χ1n) is 6.25. The Morgan fingerprint density at radius 3 is 2.65 bits per heavy atom. The van der Waals surface area contributed by atoms with Crippen LogP contribution in [0.1, 0.15) is 13.8 Å². The molecule has 0 unspecified atom stereocenters. The minimum atomic E-state index is 0.867. The second-order valence-corrected chi connectivity index (χ2v) is 3.74. The van der Waals surface area contributed by atoms with Crippen LogP contribution in [-0.2, 0) is 0 Å². The standard InChI is InChI=1S/C11H13N3O.C2H6/c1-2-4-10-9(3-1)11(13-15-10)14-7-5-12-6-8-14;1-2/h1-4,12H,5-8H2;1-2H3. The van der Waals surface area contributed by atoms with Crippen molar-refractivity contribution in [3.63, 3.8) is 0 Å². The van der Waals surface area contributed by atoms with Crippen LogP contribution in [0.2, 0.25) is 0 Å². The topological polar surface area (TPSA) is 41.3 Å². The number of anilines is 1. The smallest absolute Gasteiger partial charge is 0.180 e. The summed E-state index contributed by atoms with van der Waals surface area (Å²) in [6.45, 7) is 8.02. The van der Waals surface area contributed by atoms with Gasteiger partial charge in [0.15, 0.2) is 11.4 Å². The first kappa shape index (κ1) is 11.9. The Labute approximate surface area is 102 Å². The van der Waals surface area contributed by atoms with Crippen LogP contribution in [0.15, 0.2) is 28.8 Å². The van der Waals surface area contributed by atoms with Crippen molar-refractivity contribution in [1.82, 2.24) is 10.5 Å². The van der Waals surface area contributed by atoms with E-state index < -0.39 is 0 Å². The van der Waals surface area contributed by atoms with Gasteiger partial charge in [-0.1, -0.05) is 31.1 Å². The van der Waals surface area contributed by atoms with Gasteiger partial charge in [-0.2, -0.15) is 0 Å². The second kappa shape index (κ2) is 5.68. The third-order valence-corrected chi connectivity index (χ3v) is 2.77. The summed E-state index contributed by atoms with van der Waals surface area (Å²) in [5, 5.41) is 8.58. The van der Waals surface area contributed by atoms with Gasteiger partial charge in [0, 0.05) is 26.2 Å². The monoisotopic (exact) mass is 233 g/mol. The number of rotatable bonds is 1. The van der Waals surface area contributed by atoms with Crippen molar-refractivity contribution < 1.29 is 4.52 Å². The molecule has 0 saturated carbocycles. The van der Waals surface area contributed by atoms with Gasteiger partial charge in [-0.05, 0) is 12.1 Å². The Morgan fingerprint density at radius 2 is 1.88 bits per heavy atom. The second-order valence-electron chi connectivity index (χ2n) is 3.74. The van der Waals surface area contributed by atoms with Crippen molar-refractivity contribution in [2.24, 2.45) is 0 Å². The highest BCUT2D eigenvalue weighted by atomic mass is 16.5. The SMILES string of the molecule is CC.c1ccc2c(N3CCNCC3)noc2c1. The lowest BCUT2D eigenvalue weighted by atomic mass is 10.2. The van der Waals surface area contributed by atoms with Crippen molar-refractivity contribution >= 4 is 16.8 Å². The van der Waals surface area contributed by atoms with E-state index in [2.05, 4.69) is 21.4 Å². The molecular weight excluding hydrogens is 214 g/mol. The van der Waals surface area contributed by atoms with Crippen LogP contribution < -0.4 is 10.2 Å². The maximum Gasteiger partial charge on any atom is 0.180 e. The fourth-order valence-corrected chi connectivity index (χ4v) is 1.98. The zero-order valence-corrected chi connectivity index (χ0v) is 10.4. The fraction of sp³-hybridized carbons (Fsp3) is 0.462. The number of fused-ring (bicyclic) bond motifs is 1. The molecule has 1 aromatic heterocycles. The van der Waals surface area contributed by atoms with Crippen molar-refractivity contribution in [2.45, 2.75) is 13.8 Å². The molecule has 1 aliphatic heterocycles. The largest absolute Gasteiger partial charge is 0.354 e. The summed E-state index contributed by atoms with van der Waals surface area (Å²) in [7, 11) is 0. The van der Waals surface area contributed by atoms with Crippen LogP contribution in [-0.4, -0.2) is 31.3 Å². The summed E-state index contributed by atoms with van der Waals surface area (Å²) in [5.74, 6) is 0.979. The van der Waals surface area contributed by atoms with Crippen molar-refractivity contribution in [1.29, 1.82) is 0 Å². The molecule has 2 aromatic rings. The molecule has 4 nitrogen and oxygen atoms in total. The highest BCUT2D eigenvalue weighted by Crippen LogP contribution is 2.25. The molecule has 1 aliphatic rings. The molecule has 0 bridgehead atoms. The van der Waals surface area contributed by atoms with E-state index in [1.807, 2.05) is 32.0 Å². The Morgan fingerprint density at radius 1 is 1.18 bits per heavy atom. The average molecular weight is 233 g/mol. The first-order valence-corrected chi connectivity index (χ1v) is 6.25. The lowest BCUT2D eigenvalue weighted by molar-refractivity contribution is 0.451. The lowest BCUT2D eigenvalue weighted by Crippen LogP contribution is -2.43. The van der Waals surface area contributed by atoms with Gasteiger partial charge >= 0.3 is 0 Å². The van der Waals surface area contributed by atoms with Gasteiger partial charge in [0.2, 0.25) is 0 Å². The quantitative estimate of drug-likeness (QED) is 0.820. The molecule has 0 spiro atoms. The molecular formula is C13H19N3O. The average Bonchev–Trinajstić information content (AvgIpc) is 2.86. The fourth-order valence-electron chi connectivity index (χ4n) is 1.98. The number of hydrogen-bond acceptors (Lipinski definition) is 4. The molecule has 4 heteroatoms. The number of hydrogen-bond donors (Lipinski definition) is 1. The van der Waals surface area contributed by atoms with Gasteiger partial charge in [0.05, 0.1) is 5.39 Å². The van der Waals surface area contributed by atoms with Crippen molar-refractivity contribution in [3.05, 3.63) is 24.3 Å². The van der Waals surface area contributed by atoms with E-state index in [4.69, 9.17) is 4.52 Å². The minimum Gasteiger partial charge on any atom is -0.354 e. The van der Waals surface area contributed by atoms with Gasteiger partial charge in [0.1, 0.15) is 0 Å². The molecule has 1 N–H and O–H groups in total. The van der Waals surface area contributed by atoms with E-state index in [9.17, 15) is 0 Å². The molecule has 1 aromatic carbocycles. The van der Waals surface area contributed by atoms with E-state index in [1.165, 1.54) is 0 Å². The molecule has 1 saturated heterocycles. The molecule has 0 aliphatic carbocycles. The number of para-hydroxylation sites is 1. The van der Waals surface area contributed by atoms with E-state index in [1.54, 1.807) is 0 Å². The normalized spacial score (nSPS) is 15.5. The molecule has 3 rings (SSSR count). The third kappa shape index (κ3) is 2.42.